The maximum Gasteiger partial charge on any atom is 0.278 e. The van der Waals surface area contributed by atoms with E-state index < -0.39 is 0 Å². The molecule has 2 N–H and O–H groups in total. The van der Waals surface area contributed by atoms with Crippen molar-refractivity contribution in [3.8, 4) is 0 Å². The van der Waals surface area contributed by atoms with Gasteiger partial charge in [-0.25, -0.2) is 0 Å². The van der Waals surface area contributed by atoms with Crippen LogP contribution in [0.5, 0.6) is 0 Å². The van der Waals surface area contributed by atoms with Crippen LogP contribution in [0.25, 0.3) is 5.57 Å². The number of aryl methyl sites for hydroxylation is 2. The number of amides is 3. The summed E-state index contributed by atoms with van der Waals surface area (Å²) in [4.78, 5) is 38.7. The Kier molecular flexibility index (Phi) is 6.32. The van der Waals surface area contributed by atoms with Gasteiger partial charge in [0.2, 0.25) is 5.91 Å². The number of nitrogens with one attached hydrogen (secondary N) is 2. The molecule has 7 heteroatoms. The molecule has 0 spiro atoms. The van der Waals surface area contributed by atoms with Crippen LogP contribution in [0.15, 0.2) is 48.2 Å². The number of nitrogens with zero attached hydrogens (tertiary/aromatic N) is 1. The monoisotopic (exact) mass is 407 g/mol. The summed E-state index contributed by atoms with van der Waals surface area (Å²) in [7, 11) is 1.52. The van der Waals surface area contributed by atoms with Crippen molar-refractivity contribution in [2.75, 3.05) is 30.9 Å². The number of anilines is 2. The minimum Gasteiger partial charge on any atom is -0.383 e. The highest BCUT2D eigenvalue weighted by Gasteiger charge is 2.39. The van der Waals surface area contributed by atoms with Crippen molar-refractivity contribution in [2.45, 2.75) is 20.8 Å². The molecule has 1 heterocycles. The molecular formula is C23H25N3O4. The molecular weight excluding hydrogens is 382 g/mol. The Bertz CT molecular complexity index is 1030. The fourth-order valence-corrected chi connectivity index (χ4v) is 3.27. The number of rotatable bonds is 7. The van der Waals surface area contributed by atoms with Gasteiger partial charge < -0.3 is 15.4 Å². The van der Waals surface area contributed by atoms with Crippen LogP contribution in [0.1, 0.15) is 23.6 Å². The van der Waals surface area contributed by atoms with Gasteiger partial charge in [-0.3, -0.25) is 19.3 Å². The van der Waals surface area contributed by atoms with Gasteiger partial charge >= 0.3 is 0 Å². The van der Waals surface area contributed by atoms with Crippen LogP contribution in [0.2, 0.25) is 0 Å². The highest BCUT2D eigenvalue weighted by atomic mass is 16.5. The van der Waals surface area contributed by atoms with Crippen LogP contribution < -0.4 is 10.6 Å². The third-order valence-electron chi connectivity index (χ3n) is 4.83. The molecule has 3 amide bonds. The molecule has 0 bridgehead atoms. The van der Waals surface area contributed by atoms with E-state index >= 15 is 0 Å². The number of hydrogen-bond donors (Lipinski definition) is 2. The van der Waals surface area contributed by atoms with E-state index in [1.54, 1.807) is 24.3 Å². The van der Waals surface area contributed by atoms with E-state index in [1.807, 2.05) is 32.0 Å². The Hall–Kier alpha value is -3.45. The molecule has 2 aromatic rings. The second kappa shape index (κ2) is 8.92. The lowest BCUT2D eigenvalue weighted by Crippen LogP contribution is -2.35. The van der Waals surface area contributed by atoms with E-state index in [1.165, 1.54) is 18.9 Å². The lowest BCUT2D eigenvalue weighted by molar-refractivity contribution is -0.137. The first-order valence-electron chi connectivity index (χ1n) is 9.63. The van der Waals surface area contributed by atoms with Crippen LogP contribution >= 0.6 is 0 Å². The molecule has 0 saturated carbocycles. The van der Waals surface area contributed by atoms with Crippen molar-refractivity contribution >= 4 is 34.7 Å². The van der Waals surface area contributed by atoms with Gasteiger partial charge in [0.05, 0.1) is 18.7 Å². The van der Waals surface area contributed by atoms with Crippen LogP contribution in [0.4, 0.5) is 11.4 Å². The highest BCUT2D eigenvalue weighted by Crippen LogP contribution is 2.32. The molecule has 0 radical (unpaired) electrons. The van der Waals surface area contributed by atoms with E-state index in [9.17, 15) is 14.4 Å². The summed E-state index contributed by atoms with van der Waals surface area (Å²) in [6.07, 6.45) is 0. The molecule has 156 valence electrons. The molecule has 0 fully saturated rings. The number of ether oxygens (including phenoxy) is 1. The average molecular weight is 407 g/mol. The maximum absolute atomic E-state index is 13.1. The number of carbonyl (C=O) groups excluding carboxylic acids is 3. The fraction of sp³-hybridized carbons (Fsp3) is 0.261. The van der Waals surface area contributed by atoms with Crippen molar-refractivity contribution in [1.29, 1.82) is 0 Å². The zero-order valence-corrected chi connectivity index (χ0v) is 17.5. The average Bonchev–Trinajstić information content (AvgIpc) is 2.93. The normalized spacial score (nSPS) is 13.8. The van der Waals surface area contributed by atoms with E-state index in [0.29, 0.717) is 16.8 Å². The molecule has 7 nitrogen and oxygen atoms in total. The SMILES string of the molecule is COCCN1C(=O)C(Nc2cc(C)ccc2C)=C(c2ccc(NC(C)=O)cc2)C1=O. The number of carbonyl (C=O) groups is 3. The number of benzene rings is 2. The third-order valence-corrected chi connectivity index (χ3v) is 4.83. The van der Waals surface area contributed by atoms with Crippen molar-refractivity contribution in [3.63, 3.8) is 0 Å². The van der Waals surface area contributed by atoms with Gasteiger partial charge in [0.15, 0.2) is 0 Å². The Morgan fingerprint density at radius 1 is 1.03 bits per heavy atom. The van der Waals surface area contributed by atoms with Crippen molar-refractivity contribution in [3.05, 3.63) is 64.9 Å². The molecule has 0 saturated heterocycles. The van der Waals surface area contributed by atoms with Crippen LogP contribution in [-0.2, 0) is 19.1 Å². The van der Waals surface area contributed by atoms with E-state index in [2.05, 4.69) is 10.6 Å². The lowest BCUT2D eigenvalue weighted by Gasteiger charge is -2.15. The summed E-state index contributed by atoms with van der Waals surface area (Å²) in [6, 6.07) is 12.7. The largest absolute Gasteiger partial charge is 0.383 e. The summed E-state index contributed by atoms with van der Waals surface area (Å²) in [5, 5.41) is 5.88. The van der Waals surface area contributed by atoms with E-state index in [-0.39, 0.29) is 36.6 Å². The second-order valence-corrected chi connectivity index (χ2v) is 7.21. The summed E-state index contributed by atoms with van der Waals surface area (Å²) in [6.45, 7) is 5.75. The molecule has 0 aromatic heterocycles. The molecule has 0 atom stereocenters. The smallest absolute Gasteiger partial charge is 0.278 e. The molecule has 2 aromatic carbocycles. The van der Waals surface area contributed by atoms with Crippen molar-refractivity contribution in [2.24, 2.45) is 0 Å². The summed E-state index contributed by atoms with van der Waals surface area (Å²) >= 11 is 0. The summed E-state index contributed by atoms with van der Waals surface area (Å²) in [5.74, 6) is -0.951. The molecule has 0 aliphatic carbocycles. The Balaban J connectivity index is 2.04. The van der Waals surface area contributed by atoms with E-state index in [0.717, 1.165) is 16.8 Å². The minimum atomic E-state index is -0.390. The second-order valence-electron chi connectivity index (χ2n) is 7.21. The first kappa shape index (κ1) is 21.3. The van der Waals surface area contributed by atoms with Crippen molar-refractivity contribution in [1.82, 2.24) is 4.90 Å². The number of imide groups is 1. The predicted molar refractivity (Wildman–Crippen MR) is 116 cm³/mol. The lowest BCUT2D eigenvalue weighted by atomic mass is 10.0. The number of methoxy groups -OCH3 is 1. The minimum absolute atomic E-state index is 0.166. The molecule has 30 heavy (non-hydrogen) atoms. The van der Waals surface area contributed by atoms with Gasteiger partial charge in [0, 0.05) is 25.4 Å². The van der Waals surface area contributed by atoms with Gasteiger partial charge in [-0.15, -0.1) is 0 Å². The number of hydrogen-bond acceptors (Lipinski definition) is 5. The topological polar surface area (TPSA) is 87.7 Å². The third kappa shape index (κ3) is 4.41. The predicted octanol–water partition coefficient (Wildman–Crippen LogP) is 3.10. The zero-order chi connectivity index (χ0) is 21.8. The standard InChI is InChI=1S/C23H25N3O4/c1-14-5-6-15(2)19(13-14)25-21-20(22(28)26(23(21)29)11-12-30-4)17-7-9-18(10-8-17)24-16(3)27/h5-10,13,25H,11-12H2,1-4H3,(H,24,27). The summed E-state index contributed by atoms with van der Waals surface area (Å²) < 4.78 is 5.06. The Morgan fingerprint density at radius 2 is 1.73 bits per heavy atom. The first-order valence-corrected chi connectivity index (χ1v) is 9.63. The summed E-state index contributed by atoms with van der Waals surface area (Å²) in [5.41, 5.74) is 4.51. The molecule has 1 aliphatic rings. The van der Waals surface area contributed by atoms with Gasteiger partial charge in [-0.05, 0) is 48.7 Å². The first-order chi connectivity index (χ1) is 14.3. The van der Waals surface area contributed by atoms with Gasteiger partial charge in [0.25, 0.3) is 11.8 Å². The molecule has 3 rings (SSSR count). The highest BCUT2D eigenvalue weighted by molar-refractivity contribution is 6.36. The zero-order valence-electron chi connectivity index (χ0n) is 17.5. The van der Waals surface area contributed by atoms with Gasteiger partial charge in [0.1, 0.15) is 5.70 Å². The maximum atomic E-state index is 13.1. The van der Waals surface area contributed by atoms with Crippen LogP contribution in [0, 0.1) is 13.8 Å². The Morgan fingerprint density at radius 3 is 2.37 bits per heavy atom. The van der Waals surface area contributed by atoms with Crippen LogP contribution in [-0.4, -0.2) is 42.9 Å². The van der Waals surface area contributed by atoms with E-state index in [4.69, 9.17) is 4.74 Å². The Labute approximate surface area is 175 Å². The molecule has 1 aliphatic heterocycles. The van der Waals surface area contributed by atoms with Crippen LogP contribution in [0.3, 0.4) is 0 Å². The quantitative estimate of drug-likeness (QED) is 0.689. The van der Waals surface area contributed by atoms with Gasteiger partial charge in [-0.2, -0.15) is 0 Å². The fourth-order valence-electron chi connectivity index (χ4n) is 3.27. The molecule has 0 unspecified atom stereocenters. The van der Waals surface area contributed by atoms with Crippen molar-refractivity contribution < 1.29 is 19.1 Å². The van der Waals surface area contributed by atoms with Gasteiger partial charge in [-0.1, -0.05) is 24.3 Å².